The van der Waals surface area contributed by atoms with E-state index in [1.165, 1.54) is 12.1 Å². The first-order chi connectivity index (χ1) is 6.57. The van der Waals surface area contributed by atoms with Gasteiger partial charge in [-0.05, 0) is 13.0 Å². The first kappa shape index (κ1) is 11.0. The van der Waals surface area contributed by atoms with Crippen LogP contribution in [0.15, 0.2) is 18.2 Å². The molecule has 0 aliphatic carbocycles. The van der Waals surface area contributed by atoms with Crippen molar-refractivity contribution in [3.05, 3.63) is 35.1 Å². The quantitative estimate of drug-likeness (QED) is 0.475. The Bertz CT molecular complexity index is 374. The zero-order chi connectivity index (χ0) is 10.7. The second-order valence-electron chi connectivity index (χ2n) is 2.80. The maximum atomic E-state index is 13.1. The van der Waals surface area contributed by atoms with Gasteiger partial charge in [-0.15, -0.1) is 0 Å². The molecule has 2 nitrogen and oxygen atoms in total. The van der Waals surface area contributed by atoms with Gasteiger partial charge in [-0.1, -0.05) is 28.1 Å². The van der Waals surface area contributed by atoms with Gasteiger partial charge in [0.2, 0.25) is 0 Å². The lowest BCUT2D eigenvalue weighted by molar-refractivity contribution is 0.0988. The molecule has 1 unspecified atom stereocenters. The number of rotatable bonds is 3. The van der Waals surface area contributed by atoms with Crippen LogP contribution in [-0.4, -0.2) is 16.9 Å². The summed E-state index contributed by atoms with van der Waals surface area (Å²) in [6.45, 7) is 1.63. The molecule has 0 radical (unpaired) electrons. The van der Waals surface area contributed by atoms with Crippen LogP contribution in [0.2, 0.25) is 0 Å². The molecule has 0 N–H and O–H groups in total. The molecule has 0 fully saturated rings. The van der Waals surface area contributed by atoms with Gasteiger partial charge in [0.15, 0.2) is 12.1 Å². The Kier molecular flexibility index (Phi) is 3.52. The Morgan fingerprint density at radius 3 is 2.71 bits per heavy atom. The predicted octanol–water partition coefficient (Wildman–Crippen LogP) is 2.60. The molecule has 0 saturated carbocycles. The summed E-state index contributed by atoms with van der Waals surface area (Å²) in [5.74, 6) is -0.967. The van der Waals surface area contributed by atoms with Crippen LogP contribution < -0.4 is 0 Å². The van der Waals surface area contributed by atoms with Gasteiger partial charge in [0, 0.05) is 5.56 Å². The average Bonchev–Trinajstić information content (AvgIpc) is 2.16. The molecule has 1 aromatic rings. The van der Waals surface area contributed by atoms with Gasteiger partial charge in [0.05, 0.1) is 10.4 Å². The smallest absolute Gasteiger partial charge is 0.176 e. The van der Waals surface area contributed by atoms with Crippen LogP contribution >= 0.6 is 15.9 Å². The zero-order valence-electron chi connectivity index (χ0n) is 7.46. The molecule has 0 heterocycles. The summed E-state index contributed by atoms with van der Waals surface area (Å²) in [4.78, 5) is 21.6. The molecule has 14 heavy (non-hydrogen) atoms. The maximum Gasteiger partial charge on any atom is 0.176 e. The van der Waals surface area contributed by atoms with Crippen LogP contribution in [0.4, 0.5) is 4.39 Å². The number of benzene rings is 1. The second-order valence-corrected chi connectivity index (χ2v) is 4.17. The van der Waals surface area contributed by atoms with Crippen molar-refractivity contribution in [2.45, 2.75) is 11.8 Å². The highest BCUT2D eigenvalue weighted by Crippen LogP contribution is 2.16. The number of halogens is 2. The van der Waals surface area contributed by atoms with E-state index in [0.717, 1.165) is 6.07 Å². The summed E-state index contributed by atoms with van der Waals surface area (Å²) in [5, 5.41) is 0. The van der Waals surface area contributed by atoms with E-state index in [2.05, 4.69) is 15.9 Å². The van der Waals surface area contributed by atoms with Crippen molar-refractivity contribution in [2.24, 2.45) is 0 Å². The highest BCUT2D eigenvalue weighted by molar-refractivity contribution is 9.10. The van der Waals surface area contributed by atoms with Gasteiger partial charge in [-0.3, -0.25) is 9.59 Å². The topological polar surface area (TPSA) is 34.1 Å². The first-order valence-corrected chi connectivity index (χ1v) is 4.91. The van der Waals surface area contributed by atoms with Crippen molar-refractivity contribution in [3.8, 4) is 0 Å². The largest absolute Gasteiger partial charge is 0.298 e. The number of Topliss-reactive ketones (excluding diaryl/α,β-unsaturated/α-hetero) is 1. The number of carbonyl (C=O) groups is 2. The van der Waals surface area contributed by atoms with Gasteiger partial charge >= 0.3 is 0 Å². The number of hydrogen-bond donors (Lipinski definition) is 0. The minimum Gasteiger partial charge on any atom is -0.298 e. The number of alkyl halides is 1. The van der Waals surface area contributed by atoms with Crippen LogP contribution in [0.3, 0.4) is 0 Å². The normalized spacial score (nSPS) is 12.2. The van der Waals surface area contributed by atoms with E-state index < -0.39 is 10.6 Å². The molecule has 0 aliphatic heterocycles. The van der Waals surface area contributed by atoms with Gasteiger partial charge in [-0.2, -0.15) is 0 Å². The van der Waals surface area contributed by atoms with Gasteiger partial charge in [-0.25, -0.2) is 4.39 Å². The van der Waals surface area contributed by atoms with Crippen LogP contribution in [-0.2, 0) is 0 Å². The molecule has 74 valence electrons. The molecule has 4 heteroatoms. The predicted molar refractivity (Wildman–Crippen MR) is 54.5 cm³/mol. The van der Waals surface area contributed by atoms with E-state index in [4.69, 9.17) is 0 Å². The Labute approximate surface area is 89.2 Å². The van der Waals surface area contributed by atoms with Crippen LogP contribution in [0, 0.1) is 5.82 Å². The molecule has 1 atom stereocenters. The zero-order valence-corrected chi connectivity index (χ0v) is 9.05. The van der Waals surface area contributed by atoms with Crippen molar-refractivity contribution >= 4 is 28.0 Å². The van der Waals surface area contributed by atoms with Crippen LogP contribution in [0.1, 0.15) is 27.6 Å². The van der Waals surface area contributed by atoms with Crippen LogP contribution in [0.25, 0.3) is 0 Å². The molecule has 1 rings (SSSR count). The van der Waals surface area contributed by atoms with Gasteiger partial charge < -0.3 is 0 Å². The Balaban J connectivity index is 3.27. The van der Waals surface area contributed by atoms with Gasteiger partial charge in [0.1, 0.15) is 5.82 Å². The summed E-state index contributed by atoms with van der Waals surface area (Å²) in [6.07, 6.45) is 0.359. The van der Waals surface area contributed by atoms with Crippen molar-refractivity contribution in [1.82, 2.24) is 0 Å². The molecule has 0 spiro atoms. The number of carbonyl (C=O) groups excluding carboxylic acids is 2. The van der Waals surface area contributed by atoms with E-state index >= 15 is 0 Å². The molecule has 1 aromatic carbocycles. The standard InChI is InChI=1S/C10H8BrFO2/c1-6(11)10(14)7-3-2-4-9(12)8(7)5-13/h2-6H,1H3. The fraction of sp³-hybridized carbons (Fsp3) is 0.200. The minimum absolute atomic E-state index is 0.115. The number of ketones is 1. The Morgan fingerprint density at radius 2 is 2.21 bits per heavy atom. The Morgan fingerprint density at radius 1 is 1.57 bits per heavy atom. The molecule has 0 aromatic heterocycles. The minimum atomic E-state index is -0.668. The summed E-state index contributed by atoms with van der Waals surface area (Å²) in [7, 11) is 0. The number of aldehydes is 1. The molecule has 0 amide bonds. The summed E-state index contributed by atoms with van der Waals surface area (Å²) < 4.78 is 13.1. The molecule has 0 aliphatic rings. The molecular formula is C10H8BrFO2. The van der Waals surface area contributed by atoms with E-state index in [-0.39, 0.29) is 16.9 Å². The lowest BCUT2D eigenvalue weighted by Crippen LogP contribution is -2.13. The lowest BCUT2D eigenvalue weighted by Gasteiger charge is -2.05. The van der Waals surface area contributed by atoms with E-state index in [1.807, 2.05) is 0 Å². The summed E-state index contributed by atoms with van der Waals surface area (Å²) in [6, 6.07) is 4.00. The van der Waals surface area contributed by atoms with Gasteiger partial charge in [0.25, 0.3) is 0 Å². The average molecular weight is 259 g/mol. The van der Waals surface area contributed by atoms with Crippen LogP contribution in [0.5, 0.6) is 0 Å². The van der Waals surface area contributed by atoms with Crippen molar-refractivity contribution in [1.29, 1.82) is 0 Å². The van der Waals surface area contributed by atoms with E-state index in [0.29, 0.717) is 6.29 Å². The monoisotopic (exact) mass is 258 g/mol. The maximum absolute atomic E-state index is 13.1. The van der Waals surface area contributed by atoms with E-state index in [9.17, 15) is 14.0 Å². The van der Waals surface area contributed by atoms with E-state index in [1.54, 1.807) is 6.92 Å². The number of hydrogen-bond acceptors (Lipinski definition) is 2. The first-order valence-electron chi connectivity index (χ1n) is 4.00. The highest BCUT2D eigenvalue weighted by Gasteiger charge is 2.17. The third-order valence-electron chi connectivity index (χ3n) is 1.80. The second kappa shape index (κ2) is 4.46. The highest BCUT2D eigenvalue weighted by atomic mass is 79.9. The van der Waals surface area contributed by atoms with Crippen molar-refractivity contribution < 1.29 is 14.0 Å². The molecule has 0 bridgehead atoms. The fourth-order valence-corrected chi connectivity index (χ4v) is 1.33. The van der Waals surface area contributed by atoms with Crippen molar-refractivity contribution in [2.75, 3.05) is 0 Å². The lowest BCUT2D eigenvalue weighted by atomic mass is 10.0. The molecule has 0 saturated heterocycles. The third kappa shape index (κ3) is 2.07. The fourth-order valence-electron chi connectivity index (χ4n) is 1.09. The third-order valence-corrected chi connectivity index (χ3v) is 2.21. The SMILES string of the molecule is CC(Br)C(=O)c1cccc(F)c1C=O. The van der Waals surface area contributed by atoms with Crippen molar-refractivity contribution in [3.63, 3.8) is 0 Å². The molecular weight excluding hydrogens is 251 g/mol. The Hall–Kier alpha value is -1.03. The summed E-state index contributed by atoms with van der Waals surface area (Å²) in [5.41, 5.74) is -0.0619. The summed E-state index contributed by atoms with van der Waals surface area (Å²) >= 11 is 3.08.